The summed E-state index contributed by atoms with van der Waals surface area (Å²) >= 11 is 6.45. The number of carbonyl (C=O) groups is 2. The molecule has 1 N–H and O–H groups in total. The van der Waals surface area contributed by atoms with Gasteiger partial charge in [0.15, 0.2) is 0 Å². The third kappa shape index (κ3) is 7.53. The summed E-state index contributed by atoms with van der Waals surface area (Å²) in [6.45, 7) is 3.56. The fourth-order valence-electron chi connectivity index (χ4n) is 8.33. The zero-order valence-electron chi connectivity index (χ0n) is 30.4. The molecular weight excluding hydrogens is 718 g/mol. The van der Waals surface area contributed by atoms with Crippen LogP contribution in [0.4, 0.5) is 5.69 Å². The number of methoxy groups -OCH3 is 2. The van der Waals surface area contributed by atoms with Gasteiger partial charge in [0.2, 0.25) is 5.88 Å². The van der Waals surface area contributed by atoms with Crippen molar-refractivity contribution in [2.45, 2.75) is 56.7 Å². The van der Waals surface area contributed by atoms with Crippen molar-refractivity contribution in [2.24, 2.45) is 34.2 Å². The molecule has 7 rings (SSSR count). The normalized spacial score (nSPS) is 30.7. The minimum atomic E-state index is -3.63. The lowest BCUT2D eigenvalue weighted by Crippen LogP contribution is -2.49. The van der Waals surface area contributed by atoms with Crippen LogP contribution in [0.1, 0.15) is 64.4 Å². The lowest BCUT2D eigenvalue weighted by Gasteiger charge is -2.46. The zero-order chi connectivity index (χ0) is 37.5. The van der Waals surface area contributed by atoms with Crippen LogP contribution in [0, 0.1) is 17.8 Å². The minimum absolute atomic E-state index is 0.0602. The lowest BCUT2D eigenvalue weighted by atomic mass is 9.68. The molecule has 1 aromatic heterocycles. The van der Waals surface area contributed by atoms with Crippen molar-refractivity contribution in [2.75, 3.05) is 44.6 Å². The summed E-state index contributed by atoms with van der Waals surface area (Å²) < 4.78 is 38.0. The number of rotatable bonds is 4. The topological polar surface area (TPSA) is 145 Å². The number of anilines is 1. The molecule has 3 heterocycles. The molecule has 2 aliphatic carbocycles. The lowest BCUT2D eigenvalue weighted by molar-refractivity contribution is 0.0124. The number of aromatic nitrogens is 2. The van der Waals surface area contributed by atoms with E-state index >= 15 is 0 Å². The largest absolute Gasteiger partial charge is 0.490 e. The van der Waals surface area contributed by atoms with E-state index in [4.69, 9.17) is 25.8 Å². The molecule has 0 radical (unpaired) electrons. The zero-order valence-corrected chi connectivity index (χ0v) is 32.0. The Bertz CT molecular complexity index is 2090. The summed E-state index contributed by atoms with van der Waals surface area (Å²) in [4.78, 5) is 33.5. The monoisotopic (exact) mass is 763 g/mol. The summed E-state index contributed by atoms with van der Waals surface area (Å²) in [5.74, 6) is -1.11. The Balaban J connectivity index is 1.31. The van der Waals surface area contributed by atoms with Gasteiger partial charge in [0.1, 0.15) is 16.9 Å². The van der Waals surface area contributed by atoms with E-state index in [9.17, 15) is 18.9 Å². The molecule has 2 amide bonds. The Labute approximate surface area is 315 Å². The van der Waals surface area contributed by atoms with Crippen molar-refractivity contribution >= 4 is 44.4 Å². The molecule has 1 fully saturated rings. The van der Waals surface area contributed by atoms with Gasteiger partial charge in [0.05, 0.1) is 41.3 Å². The number of aryl methyl sites for hydroxylation is 2. The first-order chi connectivity index (χ1) is 25.4. The Kier molecular flexibility index (Phi) is 10.6. The molecule has 14 heteroatoms. The molecule has 7 atom stereocenters. The molecule has 4 aliphatic rings. The van der Waals surface area contributed by atoms with E-state index < -0.39 is 33.6 Å². The van der Waals surface area contributed by atoms with Crippen molar-refractivity contribution in [3.63, 3.8) is 0 Å². The molecule has 53 heavy (non-hydrogen) atoms. The fourth-order valence-corrected chi connectivity index (χ4v) is 10.3. The first-order valence-corrected chi connectivity index (χ1v) is 20.2. The number of hydrogen-bond acceptors (Lipinski definition) is 9. The van der Waals surface area contributed by atoms with Crippen molar-refractivity contribution in [1.82, 2.24) is 9.78 Å². The second-order valence-electron chi connectivity index (χ2n) is 14.9. The molecule has 282 valence electrons. The molecule has 1 spiro atoms. The quantitative estimate of drug-likeness (QED) is 0.203. The number of benzene rings is 2. The number of aliphatic hydroxyl groups is 1. The van der Waals surface area contributed by atoms with Crippen LogP contribution in [-0.2, 0) is 33.3 Å². The summed E-state index contributed by atoms with van der Waals surface area (Å²) in [5, 5.41) is 16.0. The van der Waals surface area contributed by atoms with Crippen LogP contribution in [0.3, 0.4) is 0 Å². The first kappa shape index (κ1) is 37.3. The number of ether oxygens (including phenoxy) is 3. The standard InChI is InChI=1S/C39H46ClN5O7S/c1-24-20-53(49,23-41-37(48)30-19-44(2)42-38(30)51-4)43-36(47)26-8-13-35-32(17-26)45(18-27-7-10-29(27)34(50-3)14-12-33(24)46)21-39(22-52-35)15-5-6-25-16-28(40)9-11-31(25)39/h8-9,11-14,16-17,19,23-24,27,29,33-34,46H,5-7,10,15,18,20-22H2,1-4H3/b14-12+,41-23+/t24-,27+,29-,33+,34+,39+,53?/m1/s1. The molecule has 2 aromatic carbocycles. The summed E-state index contributed by atoms with van der Waals surface area (Å²) in [7, 11) is 1.06. The van der Waals surface area contributed by atoms with Crippen molar-refractivity contribution in [3.05, 3.63) is 82.0 Å². The smallest absolute Gasteiger partial charge is 0.285 e. The summed E-state index contributed by atoms with van der Waals surface area (Å²) in [5.41, 5.74) is 4.17. The van der Waals surface area contributed by atoms with Gasteiger partial charge in [-0.3, -0.25) is 14.3 Å². The highest BCUT2D eigenvalue weighted by molar-refractivity contribution is 8.06. The van der Waals surface area contributed by atoms with Crippen LogP contribution in [-0.4, -0.2) is 88.3 Å². The average molecular weight is 764 g/mol. The number of nitrogens with zero attached hydrogens (tertiary/aromatic N) is 5. The van der Waals surface area contributed by atoms with Crippen molar-refractivity contribution in [3.8, 4) is 11.6 Å². The number of halogens is 1. The summed E-state index contributed by atoms with van der Waals surface area (Å²) in [6.07, 6.45) is 8.61. The number of hydrogen-bond donors (Lipinski definition) is 1. The molecule has 2 bridgehead atoms. The van der Waals surface area contributed by atoms with E-state index in [-0.39, 0.29) is 40.2 Å². The van der Waals surface area contributed by atoms with Gasteiger partial charge >= 0.3 is 0 Å². The van der Waals surface area contributed by atoms with E-state index in [1.807, 2.05) is 12.1 Å². The van der Waals surface area contributed by atoms with Gasteiger partial charge in [-0.25, -0.2) is 9.20 Å². The summed E-state index contributed by atoms with van der Waals surface area (Å²) in [6, 6.07) is 11.4. The van der Waals surface area contributed by atoms with Crippen LogP contribution in [0.5, 0.6) is 11.6 Å². The van der Waals surface area contributed by atoms with Gasteiger partial charge < -0.3 is 24.2 Å². The van der Waals surface area contributed by atoms with E-state index in [2.05, 4.69) is 31.5 Å². The number of carbonyl (C=O) groups excluding carboxylic acids is 2. The van der Waals surface area contributed by atoms with Gasteiger partial charge in [-0.1, -0.05) is 36.7 Å². The maximum absolute atomic E-state index is 14.6. The van der Waals surface area contributed by atoms with Crippen molar-refractivity contribution < 1.29 is 33.1 Å². The predicted molar refractivity (Wildman–Crippen MR) is 204 cm³/mol. The van der Waals surface area contributed by atoms with E-state index in [0.29, 0.717) is 36.4 Å². The van der Waals surface area contributed by atoms with E-state index in [1.54, 1.807) is 45.4 Å². The Hall–Kier alpha value is -4.04. The molecule has 3 aromatic rings. The Morgan fingerprint density at radius 3 is 2.77 bits per heavy atom. The molecule has 1 saturated carbocycles. The third-order valence-electron chi connectivity index (χ3n) is 11.3. The Morgan fingerprint density at radius 1 is 1.19 bits per heavy atom. The molecule has 0 saturated heterocycles. The van der Waals surface area contributed by atoms with Crippen molar-refractivity contribution in [1.29, 1.82) is 0 Å². The highest BCUT2D eigenvalue weighted by atomic mass is 35.5. The number of amides is 2. The van der Waals surface area contributed by atoms with Crippen LogP contribution in [0.2, 0.25) is 5.02 Å². The first-order valence-electron chi connectivity index (χ1n) is 18.1. The van der Waals surface area contributed by atoms with Gasteiger partial charge in [-0.15, -0.1) is 5.10 Å². The third-order valence-corrected chi connectivity index (χ3v) is 13.4. The highest BCUT2D eigenvalue weighted by Gasteiger charge is 2.44. The van der Waals surface area contributed by atoms with Crippen LogP contribution in [0.25, 0.3) is 0 Å². The van der Waals surface area contributed by atoms with Crippen LogP contribution < -0.4 is 14.4 Å². The maximum atomic E-state index is 14.6. The number of aliphatic hydroxyl groups excluding tert-OH is 1. The van der Waals surface area contributed by atoms with Gasteiger partial charge in [-0.05, 0) is 91.3 Å². The predicted octanol–water partition coefficient (Wildman–Crippen LogP) is 5.64. The van der Waals surface area contributed by atoms with Gasteiger partial charge in [0, 0.05) is 55.2 Å². The van der Waals surface area contributed by atoms with Gasteiger partial charge in [-0.2, -0.15) is 4.36 Å². The van der Waals surface area contributed by atoms with Crippen LogP contribution >= 0.6 is 11.6 Å². The number of aliphatic imine (C=N–C) groups is 1. The maximum Gasteiger partial charge on any atom is 0.285 e. The fraction of sp³-hybridized carbons (Fsp3) is 0.487. The second kappa shape index (κ2) is 15.0. The minimum Gasteiger partial charge on any atom is -0.490 e. The number of fused-ring (bicyclic) bond motifs is 4. The Morgan fingerprint density at radius 2 is 2.02 bits per heavy atom. The molecule has 1 unspecified atom stereocenters. The molecular formula is C39H46ClN5O7S. The van der Waals surface area contributed by atoms with Crippen LogP contribution in [0.15, 0.2) is 64.1 Å². The van der Waals surface area contributed by atoms with E-state index in [0.717, 1.165) is 43.3 Å². The van der Waals surface area contributed by atoms with Gasteiger partial charge in [0.25, 0.3) is 11.8 Å². The molecule has 2 aliphatic heterocycles. The average Bonchev–Trinajstić information content (AvgIpc) is 3.45. The molecule has 12 nitrogen and oxygen atoms in total. The van der Waals surface area contributed by atoms with E-state index in [1.165, 1.54) is 29.1 Å². The SMILES string of the molecule is COc1nn(C)cc1C(=O)/N=C/S1(=O)=NC(=O)c2ccc3c(c2)N(C[C@@H]2CC[C@H]2[C@@H](OC)/C=C/[C@H](O)[C@H](C)C1)C[C@@]1(CCCc2cc(Cl)ccc21)CO3. The highest BCUT2D eigenvalue weighted by Crippen LogP contribution is 2.47. The second-order valence-corrected chi connectivity index (χ2v) is 17.4.